The molecule has 0 unspecified atom stereocenters. The molecular formula is C15H10F3N3O2. The number of nitrogens with one attached hydrogen (secondary N) is 1. The molecule has 5 nitrogen and oxygen atoms in total. The molecule has 0 spiro atoms. The quantitative estimate of drug-likeness (QED) is 0.887. The molecule has 0 aliphatic carbocycles. The number of H-pyrrole nitrogens is 1. The van der Waals surface area contributed by atoms with Crippen LogP contribution in [0.5, 0.6) is 0 Å². The summed E-state index contributed by atoms with van der Waals surface area (Å²) in [5, 5.41) is 0. The largest absolute Gasteiger partial charge is 0.416 e. The van der Waals surface area contributed by atoms with Crippen molar-refractivity contribution in [3.63, 3.8) is 0 Å². The zero-order valence-electron chi connectivity index (χ0n) is 11.6. The number of carbonyl (C=O) groups excluding carboxylic acids is 1. The Kier molecular flexibility index (Phi) is 3.32. The number of hydrogen-bond acceptors (Lipinski definition) is 3. The maximum absolute atomic E-state index is 13.1. The van der Waals surface area contributed by atoms with Crippen molar-refractivity contribution in [3.05, 3.63) is 57.0 Å². The summed E-state index contributed by atoms with van der Waals surface area (Å²) in [5.74, 6) is -0.953. The van der Waals surface area contributed by atoms with E-state index in [-0.39, 0.29) is 23.2 Å². The number of halogens is 3. The van der Waals surface area contributed by atoms with Gasteiger partial charge in [0.1, 0.15) is 5.56 Å². The number of aromatic amines is 1. The number of rotatable bonds is 2. The number of amides is 1. The van der Waals surface area contributed by atoms with Crippen LogP contribution in [0, 0.1) is 0 Å². The first-order valence-electron chi connectivity index (χ1n) is 6.54. The zero-order valence-corrected chi connectivity index (χ0v) is 11.6. The fourth-order valence-corrected chi connectivity index (χ4v) is 2.46. The zero-order chi connectivity index (χ0) is 16.8. The maximum atomic E-state index is 13.1. The van der Waals surface area contributed by atoms with Crippen LogP contribution in [0.15, 0.2) is 34.2 Å². The van der Waals surface area contributed by atoms with Crippen LogP contribution in [-0.2, 0) is 12.7 Å². The van der Waals surface area contributed by atoms with E-state index >= 15 is 0 Å². The van der Waals surface area contributed by atoms with Crippen molar-refractivity contribution in [1.29, 1.82) is 0 Å². The summed E-state index contributed by atoms with van der Waals surface area (Å²) in [6.45, 7) is 0.151. The smallest absolute Gasteiger partial charge is 0.365 e. The molecule has 0 atom stereocenters. The van der Waals surface area contributed by atoms with Gasteiger partial charge in [-0.25, -0.2) is 0 Å². The second-order valence-electron chi connectivity index (χ2n) is 5.06. The van der Waals surface area contributed by atoms with Crippen LogP contribution in [0.25, 0.3) is 11.1 Å². The second-order valence-corrected chi connectivity index (χ2v) is 5.06. The number of aliphatic imine (C=N–C) groups is 1. The van der Waals surface area contributed by atoms with Crippen LogP contribution in [0.2, 0.25) is 0 Å². The minimum absolute atomic E-state index is 0.151. The summed E-state index contributed by atoms with van der Waals surface area (Å²) >= 11 is 0. The Balaban J connectivity index is 2.26. The summed E-state index contributed by atoms with van der Waals surface area (Å²) in [5.41, 5.74) is 4.73. The van der Waals surface area contributed by atoms with Crippen LogP contribution >= 0.6 is 0 Å². The molecule has 2 heterocycles. The number of aromatic nitrogens is 1. The Morgan fingerprint density at radius 3 is 2.65 bits per heavy atom. The third kappa shape index (κ3) is 2.63. The number of pyridine rings is 1. The van der Waals surface area contributed by atoms with E-state index in [0.29, 0.717) is 11.1 Å². The number of nitrogens with zero attached hydrogens (tertiary/aromatic N) is 1. The summed E-state index contributed by atoms with van der Waals surface area (Å²) in [4.78, 5) is 29.1. The van der Waals surface area contributed by atoms with E-state index in [0.717, 1.165) is 12.1 Å². The van der Waals surface area contributed by atoms with Gasteiger partial charge in [0.05, 0.1) is 12.1 Å². The van der Waals surface area contributed by atoms with E-state index in [1.807, 2.05) is 0 Å². The molecule has 1 aliphatic rings. The molecule has 2 aromatic rings. The van der Waals surface area contributed by atoms with Crippen LogP contribution in [0.4, 0.5) is 13.2 Å². The monoisotopic (exact) mass is 321 g/mol. The number of benzene rings is 1. The lowest BCUT2D eigenvalue weighted by molar-refractivity contribution is -0.137. The lowest BCUT2D eigenvalue weighted by Gasteiger charge is -2.13. The molecule has 1 amide bonds. The van der Waals surface area contributed by atoms with Gasteiger partial charge in [0, 0.05) is 18.0 Å². The van der Waals surface area contributed by atoms with Crippen molar-refractivity contribution in [2.24, 2.45) is 10.7 Å². The van der Waals surface area contributed by atoms with E-state index < -0.39 is 23.2 Å². The lowest BCUT2D eigenvalue weighted by atomic mass is 9.94. The molecule has 1 aliphatic heterocycles. The standard InChI is InChI=1S/C15H10F3N3O2/c16-15(17,18)9-1-7-4-20-6-12(7)10(3-9)8-2-11(13(19)22)14(23)21-5-8/h1-3,5-6H,4H2,(H2,19,22)(H,21,23). The molecule has 0 fully saturated rings. The molecule has 0 radical (unpaired) electrons. The van der Waals surface area contributed by atoms with E-state index in [2.05, 4.69) is 9.98 Å². The Labute approximate surface area is 127 Å². The first-order valence-corrected chi connectivity index (χ1v) is 6.54. The van der Waals surface area contributed by atoms with Crippen molar-refractivity contribution in [2.45, 2.75) is 12.7 Å². The van der Waals surface area contributed by atoms with Gasteiger partial charge in [0.2, 0.25) is 0 Å². The predicted octanol–water partition coefficient (Wildman–Crippen LogP) is 2.09. The van der Waals surface area contributed by atoms with Crippen molar-refractivity contribution in [2.75, 3.05) is 0 Å². The SMILES string of the molecule is NC(=O)c1cc(-c2cc(C(F)(F)F)cc3c2C=NC3)c[nH]c1=O. The molecule has 1 aromatic carbocycles. The summed E-state index contributed by atoms with van der Waals surface area (Å²) < 4.78 is 39.2. The topological polar surface area (TPSA) is 88.3 Å². The van der Waals surface area contributed by atoms with Gasteiger partial charge in [-0.15, -0.1) is 0 Å². The maximum Gasteiger partial charge on any atom is 0.416 e. The molecule has 0 saturated carbocycles. The van der Waals surface area contributed by atoms with Gasteiger partial charge in [-0.1, -0.05) is 0 Å². The molecule has 1 aromatic heterocycles. The predicted molar refractivity (Wildman–Crippen MR) is 77.3 cm³/mol. The van der Waals surface area contributed by atoms with Crippen molar-refractivity contribution < 1.29 is 18.0 Å². The Hall–Kier alpha value is -2.90. The molecule has 3 N–H and O–H groups in total. The molecule has 23 heavy (non-hydrogen) atoms. The van der Waals surface area contributed by atoms with Crippen molar-refractivity contribution in [1.82, 2.24) is 4.98 Å². The second kappa shape index (κ2) is 5.08. The van der Waals surface area contributed by atoms with E-state index in [1.165, 1.54) is 18.5 Å². The van der Waals surface area contributed by atoms with Crippen molar-refractivity contribution >= 4 is 12.1 Å². The summed E-state index contributed by atoms with van der Waals surface area (Å²) in [6.07, 6.45) is -1.79. The Morgan fingerprint density at radius 2 is 2.00 bits per heavy atom. The van der Waals surface area contributed by atoms with Crippen LogP contribution in [0.1, 0.15) is 27.0 Å². The minimum atomic E-state index is -4.51. The van der Waals surface area contributed by atoms with Crippen LogP contribution in [0.3, 0.4) is 0 Å². The third-order valence-electron chi connectivity index (χ3n) is 3.55. The average Bonchev–Trinajstić information content (AvgIpc) is 2.94. The third-order valence-corrected chi connectivity index (χ3v) is 3.55. The van der Waals surface area contributed by atoms with Gasteiger partial charge < -0.3 is 10.7 Å². The fourth-order valence-electron chi connectivity index (χ4n) is 2.46. The van der Waals surface area contributed by atoms with Gasteiger partial charge in [0.25, 0.3) is 11.5 Å². The first-order chi connectivity index (χ1) is 10.8. The highest BCUT2D eigenvalue weighted by Crippen LogP contribution is 2.36. The molecular weight excluding hydrogens is 311 g/mol. The number of alkyl halides is 3. The van der Waals surface area contributed by atoms with Gasteiger partial charge >= 0.3 is 6.18 Å². The molecule has 8 heteroatoms. The van der Waals surface area contributed by atoms with Gasteiger partial charge in [0.15, 0.2) is 0 Å². The molecule has 0 saturated heterocycles. The van der Waals surface area contributed by atoms with Gasteiger partial charge in [-0.3, -0.25) is 14.6 Å². The normalized spacial score (nSPS) is 13.2. The van der Waals surface area contributed by atoms with Gasteiger partial charge in [-0.05, 0) is 34.9 Å². The van der Waals surface area contributed by atoms with E-state index in [9.17, 15) is 22.8 Å². The van der Waals surface area contributed by atoms with E-state index in [4.69, 9.17) is 5.73 Å². The van der Waals surface area contributed by atoms with E-state index in [1.54, 1.807) is 0 Å². The van der Waals surface area contributed by atoms with Crippen LogP contribution < -0.4 is 11.3 Å². The Morgan fingerprint density at radius 1 is 1.26 bits per heavy atom. The van der Waals surface area contributed by atoms with Crippen LogP contribution in [-0.4, -0.2) is 17.1 Å². The van der Waals surface area contributed by atoms with Crippen molar-refractivity contribution in [3.8, 4) is 11.1 Å². The lowest BCUT2D eigenvalue weighted by Crippen LogP contribution is -2.23. The molecule has 0 bridgehead atoms. The number of nitrogens with two attached hydrogens (primary N) is 1. The number of carbonyl (C=O) groups is 1. The highest BCUT2D eigenvalue weighted by atomic mass is 19.4. The average molecular weight is 321 g/mol. The van der Waals surface area contributed by atoms with Gasteiger partial charge in [-0.2, -0.15) is 13.2 Å². The fraction of sp³-hybridized carbons (Fsp3) is 0.133. The minimum Gasteiger partial charge on any atom is -0.365 e. The highest BCUT2D eigenvalue weighted by Gasteiger charge is 2.32. The number of hydrogen-bond donors (Lipinski definition) is 2. The number of fused-ring (bicyclic) bond motifs is 1. The number of primary amides is 1. The molecule has 3 rings (SSSR count). The summed E-state index contributed by atoms with van der Waals surface area (Å²) in [7, 11) is 0. The summed E-state index contributed by atoms with van der Waals surface area (Å²) in [6, 6.07) is 3.20. The molecule has 118 valence electrons. The Bertz CT molecular complexity index is 898. The highest BCUT2D eigenvalue weighted by molar-refractivity contribution is 5.97. The first kappa shape index (κ1) is 15.0.